The van der Waals surface area contributed by atoms with Gasteiger partial charge in [0.05, 0.1) is 13.2 Å². The number of nitrogens with one attached hydrogen (secondary N) is 1. The largest absolute Gasteiger partial charge is 0.497 e. The maximum absolute atomic E-state index is 9.97. The molecule has 1 saturated heterocycles. The number of β-amino-alcohol motifs (C(OH)–C–C–N with tert-alkyl or cyclic N) is 1. The molecule has 0 unspecified atom stereocenters. The van der Waals surface area contributed by atoms with Crippen LogP contribution in [0.4, 0.5) is 11.6 Å². The van der Waals surface area contributed by atoms with E-state index in [9.17, 15) is 5.11 Å². The maximum Gasteiger partial charge on any atom is 0.174 e. The topological polar surface area (TPSA) is 96.1 Å². The summed E-state index contributed by atoms with van der Waals surface area (Å²) in [6.07, 6.45) is 1.94. The molecule has 1 atom stereocenters. The van der Waals surface area contributed by atoms with Crippen LogP contribution in [0.3, 0.4) is 0 Å². The molecule has 150 valence electrons. The average molecular weight is 385 g/mol. The number of ether oxygens (including phenoxy) is 1. The molecule has 1 fully saturated rings. The standard InChI is InChI=1S/C21H29N5O2/c1-21(2,3)20-24-18(23-12-14-5-7-16(28-4)8-6-14)17(11-22)19(25-20)26-10-9-15(27)13-26/h5-8,11,15,22,27H,9-10,12-13H2,1-4H3,(H,23,24,25)/p+1/t15-/m0/s1. The first-order valence-electron chi connectivity index (χ1n) is 9.59. The molecule has 0 spiro atoms. The third kappa shape index (κ3) is 4.42. The fourth-order valence-corrected chi connectivity index (χ4v) is 3.19. The van der Waals surface area contributed by atoms with E-state index in [2.05, 4.69) is 31.0 Å². The average Bonchev–Trinajstić information content (AvgIpc) is 3.11. The molecule has 0 radical (unpaired) electrons. The zero-order valence-corrected chi connectivity index (χ0v) is 17.1. The van der Waals surface area contributed by atoms with Gasteiger partial charge in [-0.1, -0.05) is 32.9 Å². The van der Waals surface area contributed by atoms with Crippen molar-refractivity contribution in [1.82, 2.24) is 9.97 Å². The number of aliphatic hydroxyl groups excluding tert-OH is 1. The van der Waals surface area contributed by atoms with Gasteiger partial charge in [0.1, 0.15) is 28.8 Å². The molecule has 4 N–H and O–H groups in total. The Labute approximate surface area is 166 Å². The predicted molar refractivity (Wildman–Crippen MR) is 111 cm³/mol. The number of hydrogen-bond acceptors (Lipinski definition) is 6. The van der Waals surface area contributed by atoms with E-state index in [1.807, 2.05) is 24.3 Å². The van der Waals surface area contributed by atoms with Crippen LogP contribution in [0.2, 0.25) is 0 Å². The molecule has 0 amide bonds. The summed E-state index contributed by atoms with van der Waals surface area (Å²) >= 11 is 0. The number of anilines is 2. The molecule has 0 saturated carbocycles. The van der Waals surface area contributed by atoms with Crippen molar-refractivity contribution in [2.24, 2.45) is 0 Å². The molecule has 0 aliphatic carbocycles. The van der Waals surface area contributed by atoms with Crippen molar-refractivity contribution >= 4 is 17.9 Å². The number of nitrogens with two attached hydrogens (primary N) is 1. The van der Waals surface area contributed by atoms with Crippen molar-refractivity contribution in [3.8, 4) is 5.75 Å². The van der Waals surface area contributed by atoms with Gasteiger partial charge in [-0.15, -0.1) is 0 Å². The molecule has 2 heterocycles. The van der Waals surface area contributed by atoms with Crippen molar-refractivity contribution in [2.75, 3.05) is 30.4 Å². The number of nitrogens with zero attached hydrogens (tertiary/aromatic N) is 3. The molecule has 2 aromatic rings. The van der Waals surface area contributed by atoms with Gasteiger partial charge in [0.25, 0.3) is 0 Å². The van der Waals surface area contributed by atoms with Gasteiger partial charge in [-0.3, -0.25) is 5.41 Å². The van der Waals surface area contributed by atoms with Gasteiger partial charge in [-0.05, 0) is 24.1 Å². The Hall–Kier alpha value is -2.67. The summed E-state index contributed by atoms with van der Waals surface area (Å²) in [6.45, 7) is 8.17. The smallest absolute Gasteiger partial charge is 0.174 e. The summed E-state index contributed by atoms with van der Waals surface area (Å²) < 4.78 is 5.21. The molecule has 0 bridgehead atoms. The van der Waals surface area contributed by atoms with Crippen molar-refractivity contribution in [3.05, 3.63) is 41.2 Å². The van der Waals surface area contributed by atoms with Crippen LogP contribution in [0, 0.1) is 0 Å². The Bertz CT molecular complexity index is 830. The first-order chi connectivity index (χ1) is 13.3. The normalized spacial score (nSPS) is 16.9. The van der Waals surface area contributed by atoms with Crippen LogP contribution in [0.25, 0.3) is 0 Å². The molecular weight excluding hydrogens is 354 g/mol. The minimum atomic E-state index is -0.339. The van der Waals surface area contributed by atoms with Crippen LogP contribution in [0.1, 0.15) is 44.1 Å². The lowest BCUT2D eigenvalue weighted by atomic mass is 9.95. The van der Waals surface area contributed by atoms with Gasteiger partial charge in [0, 0.05) is 25.0 Å². The number of aliphatic hydroxyl groups is 1. The van der Waals surface area contributed by atoms with Gasteiger partial charge in [0.2, 0.25) is 0 Å². The number of benzene rings is 1. The van der Waals surface area contributed by atoms with Crippen molar-refractivity contribution in [1.29, 1.82) is 0 Å². The number of aromatic nitrogens is 2. The number of methoxy groups -OCH3 is 1. The molecule has 1 aliphatic rings. The highest BCUT2D eigenvalue weighted by Crippen LogP contribution is 2.30. The minimum Gasteiger partial charge on any atom is -0.497 e. The Morgan fingerprint density at radius 3 is 2.54 bits per heavy atom. The van der Waals surface area contributed by atoms with Gasteiger partial charge in [-0.25, -0.2) is 9.97 Å². The summed E-state index contributed by atoms with van der Waals surface area (Å²) in [5, 5.41) is 19.3. The van der Waals surface area contributed by atoms with E-state index >= 15 is 0 Å². The second kappa shape index (κ2) is 8.14. The number of hydrogen-bond donors (Lipinski definition) is 3. The lowest BCUT2D eigenvalue weighted by Crippen LogP contribution is -2.34. The third-order valence-electron chi connectivity index (χ3n) is 4.84. The van der Waals surface area contributed by atoms with Crippen LogP contribution in [-0.4, -0.2) is 47.6 Å². The van der Waals surface area contributed by atoms with Gasteiger partial charge < -0.3 is 20.1 Å². The fourth-order valence-electron chi connectivity index (χ4n) is 3.19. The van der Waals surface area contributed by atoms with Crippen molar-refractivity contribution in [2.45, 2.75) is 45.3 Å². The summed E-state index contributed by atoms with van der Waals surface area (Å²) in [4.78, 5) is 11.7. The van der Waals surface area contributed by atoms with E-state index in [0.29, 0.717) is 18.9 Å². The Kier molecular flexibility index (Phi) is 5.84. The first-order valence-corrected chi connectivity index (χ1v) is 9.59. The zero-order chi connectivity index (χ0) is 20.3. The lowest BCUT2D eigenvalue weighted by molar-refractivity contribution is -0.104. The second-order valence-electron chi connectivity index (χ2n) is 8.14. The first kappa shape index (κ1) is 20.1. The van der Waals surface area contributed by atoms with Crippen LogP contribution in [0.5, 0.6) is 5.75 Å². The van der Waals surface area contributed by atoms with Gasteiger partial charge in [0.15, 0.2) is 6.21 Å². The molecule has 1 aliphatic heterocycles. The van der Waals surface area contributed by atoms with Crippen LogP contribution in [-0.2, 0) is 12.0 Å². The number of rotatable bonds is 6. The SMILES string of the molecule is COc1ccc(CNc2nc(C(C)(C)C)nc(N3CC[C@H](O)C3)c2C=[NH2+])cc1. The van der Waals surface area contributed by atoms with E-state index in [1.54, 1.807) is 13.3 Å². The summed E-state index contributed by atoms with van der Waals surface area (Å²) in [7, 11) is 1.66. The Morgan fingerprint density at radius 2 is 2.00 bits per heavy atom. The van der Waals surface area contributed by atoms with E-state index < -0.39 is 0 Å². The monoisotopic (exact) mass is 384 g/mol. The highest BCUT2D eigenvalue weighted by Gasteiger charge is 2.29. The molecule has 1 aromatic carbocycles. The highest BCUT2D eigenvalue weighted by atomic mass is 16.5. The van der Waals surface area contributed by atoms with E-state index in [1.165, 1.54) is 0 Å². The Balaban J connectivity index is 1.94. The summed E-state index contributed by atoms with van der Waals surface area (Å²) in [5.74, 6) is 3.05. The molecule has 1 aromatic heterocycles. The molecule has 28 heavy (non-hydrogen) atoms. The minimum absolute atomic E-state index is 0.212. The van der Waals surface area contributed by atoms with E-state index in [-0.39, 0.29) is 11.5 Å². The fraction of sp³-hybridized carbons (Fsp3) is 0.476. The predicted octanol–water partition coefficient (Wildman–Crippen LogP) is 1.14. The van der Waals surface area contributed by atoms with Gasteiger partial charge >= 0.3 is 0 Å². The van der Waals surface area contributed by atoms with E-state index in [4.69, 9.17) is 20.1 Å². The molecule has 7 nitrogen and oxygen atoms in total. The third-order valence-corrected chi connectivity index (χ3v) is 4.84. The maximum atomic E-state index is 9.97. The zero-order valence-electron chi connectivity index (χ0n) is 17.1. The summed E-state index contributed by atoms with van der Waals surface area (Å²) in [6, 6.07) is 7.90. The van der Waals surface area contributed by atoms with Crippen molar-refractivity contribution in [3.63, 3.8) is 0 Å². The van der Waals surface area contributed by atoms with Crippen molar-refractivity contribution < 1.29 is 15.3 Å². The van der Waals surface area contributed by atoms with Crippen LogP contribution < -0.4 is 20.4 Å². The molecular formula is C21H30N5O2+. The van der Waals surface area contributed by atoms with Crippen LogP contribution >= 0.6 is 0 Å². The Morgan fingerprint density at radius 1 is 1.29 bits per heavy atom. The van der Waals surface area contributed by atoms with E-state index in [0.717, 1.165) is 41.5 Å². The molecule has 7 heteroatoms. The van der Waals surface area contributed by atoms with Gasteiger partial charge in [-0.2, -0.15) is 0 Å². The summed E-state index contributed by atoms with van der Waals surface area (Å²) in [5.41, 5.74) is 1.66. The highest BCUT2D eigenvalue weighted by molar-refractivity contribution is 5.89. The lowest BCUT2D eigenvalue weighted by Gasteiger charge is -2.24. The second-order valence-corrected chi connectivity index (χ2v) is 8.14. The van der Waals surface area contributed by atoms with Crippen LogP contribution in [0.15, 0.2) is 24.3 Å². The molecule has 3 rings (SSSR count). The quantitative estimate of drug-likeness (QED) is 0.647.